The van der Waals surface area contributed by atoms with E-state index in [0.29, 0.717) is 6.42 Å². The Hall–Kier alpha value is -0.650. The molecule has 1 atom stereocenters. The van der Waals surface area contributed by atoms with Crippen LogP contribution in [0.2, 0.25) is 0 Å². The molecule has 0 aromatic rings. The van der Waals surface area contributed by atoms with Crippen LogP contribution in [0.3, 0.4) is 0 Å². The second-order valence-electron chi connectivity index (χ2n) is 5.83. The number of hydrogen-bond acceptors (Lipinski definition) is 5. The summed E-state index contributed by atoms with van der Waals surface area (Å²) in [5, 5.41) is 0. The van der Waals surface area contributed by atoms with Crippen LogP contribution in [0.5, 0.6) is 0 Å². The van der Waals surface area contributed by atoms with Crippen molar-refractivity contribution in [1.29, 1.82) is 0 Å². The van der Waals surface area contributed by atoms with E-state index in [1.54, 1.807) is 0 Å². The van der Waals surface area contributed by atoms with Gasteiger partial charge in [-0.25, -0.2) is 15.6 Å². The highest BCUT2D eigenvalue weighted by Gasteiger charge is 2.59. The van der Waals surface area contributed by atoms with Crippen molar-refractivity contribution in [3.63, 3.8) is 0 Å². The summed E-state index contributed by atoms with van der Waals surface area (Å²) in [4.78, 5) is 12.5. The molecule has 1 aliphatic carbocycles. The van der Waals surface area contributed by atoms with Crippen molar-refractivity contribution in [1.82, 2.24) is 10.9 Å². The Morgan fingerprint density at radius 2 is 1.89 bits per heavy atom. The fourth-order valence-corrected chi connectivity index (χ4v) is 2.85. The van der Waals surface area contributed by atoms with E-state index >= 15 is 0 Å². The molecular weight excluding hydrogens is 230 g/mol. The van der Waals surface area contributed by atoms with Crippen molar-refractivity contribution in [2.75, 3.05) is 0 Å². The lowest BCUT2D eigenvalue weighted by Crippen LogP contribution is -2.62. The third-order valence-electron chi connectivity index (χ3n) is 4.78. The van der Waals surface area contributed by atoms with Crippen LogP contribution in [-0.4, -0.2) is 22.8 Å². The van der Waals surface area contributed by atoms with Gasteiger partial charge >= 0.3 is 5.97 Å². The second kappa shape index (κ2) is 4.47. The Balaban J connectivity index is 2.10. The molecule has 1 unspecified atom stereocenters. The van der Waals surface area contributed by atoms with Crippen LogP contribution in [0.15, 0.2) is 0 Å². The van der Waals surface area contributed by atoms with E-state index in [4.69, 9.17) is 10.5 Å². The maximum Gasteiger partial charge on any atom is 0.330 e. The lowest BCUT2D eigenvalue weighted by Gasteiger charge is -2.35. The zero-order chi connectivity index (χ0) is 13.4. The number of hydrazine groups is 1. The van der Waals surface area contributed by atoms with Gasteiger partial charge in [0.2, 0.25) is 0 Å². The Labute approximate surface area is 109 Å². The minimum absolute atomic E-state index is 0.276. The second-order valence-corrected chi connectivity index (χ2v) is 5.83. The largest absolute Gasteiger partial charge is 0.458 e. The fraction of sp³-hybridized carbons (Fsp3) is 0.923. The zero-order valence-electron chi connectivity index (χ0n) is 11.6. The molecular formula is C13H25N3O2. The summed E-state index contributed by atoms with van der Waals surface area (Å²) < 4.78 is 5.83. The molecule has 0 spiro atoms. The normalized spacial score (nSPS) is 27.6. The molecule has 0 amide bonds. The minimum Gasteiger partial charge on any atom is -0.458 e. The Kier molecular flexibility index (Phi) is 3.42. The van der Waals surface area contributed by atoms with E-state index in [1.807, 2.05) is 13.8 Å². The van der Waals surface area contributed by atoms with E-state index in [0.717, 1.165) is 32.1 Å². The van der Waals surface area contributed by atoms with Crippen molar-refractivity contribution < 1.29 is 9.53 Å². The summed E-state index contributed by atoms with van der Waals surface area (Å²) in [5.41, 5.74) is 10.4. The van der Waals surface area contributed by atoms with Crippen LogP contribution in [0, 0.1) is 0 Å². The van der Waals surface area contributed by atoms with Crippen LogP contribution < -0.4 is 16.6 Å². The van der Waals surface area contributed by atoms with Gasteiger partial charge in [0.25, 0.3) is 0 Å². The molecule has 5 heteroatoms. The molecule has 4 N–H and O–H groups in total. The summed E-state index contributed by atoms with van der Waals surface area (Å²) in [6.45, 7) is 5.89. The Bertz CT molecular complexity index is 335. The minimum atomic E-state index is -1.00. The lowest BCUT2D eigenvalue weighted by atomic mass is 9.86. The first-order valence-electron chi connectivity index (χ1n) is 6.98. The van der Waals surface area contributed by atoms with E-state index < -0.39 is 11.2 Å². The third kappa shape index (κ3) is 2.04. The summed E-state index contributed by atoms with van der Waals surface area (Å²) >= 11 is 0. The molecule has 0 radical (unpaired) electrons. The van der Waals surface area contributed by atoms with Gasteiger partial charge < -0.3 is 10.5 Å². The summed E-state index contributed by atoms with van der Waals surface area (Å²) in [5.74, 6) is -0.284. The van der Waals surface area contributed by atoms with Gasteiger partial charge in [-0.1, -0.05) is 13.8 Å². The predicted molar refractivity (Wildman–Crippen MR) is 69.5 cm³/mol. The van der Waals surface area contributed by atoms with Gasteiger partial charge in [0, 0.05) is 0 Å². The standard InChI is InChI=1S/C13H25N3O2/c1-4-12(8-6-7-9-12)18-10(17)13(14,5-2)11(3)15-16-11/h15-16H,4-9,14H2,1-3H3. The quantitative estimate of drug-likeness (QED) is 0.506. The number of rotatable bonds is 5. The van der Waals surface area contributed by atoms with Gasteiger partial charge in [-0.05, 0) is 45.4 Å². The number of hydrogen-bond donors (Lipinski definition) is 3. The van der Waals surface area contributed by atoms with E-state index in [2.05, 4.69) is 17.8 Å². The van der Waals surface area contributed by atoms with E-state index in [9.17, 15) is 4.79 Å². The predicted octanol–water partition coefficient (Wildman–Crippen LogP) is 1.18. The number of nitrogens with two attached hydrogens (primary N) is 1. The topological polar surface area (TPSA) is 96.2 Å². The number of esters is 1. The van der Waals surface area contributed by atoms with E-state index in [1.165, 1.54) is 0 Å². The van der Waals surface area contributed by atoms with E-state index in [-0.39, 0.29) is 11.6 Å². The molecule has 1 saturated heterocycles. The van der Waals surface area contributed by atoms with Crippen molar-refractivity contribution >= 4 is 5.97 Å². The Morgan fingerprint density at radius 1 is 1.33 bits per heavy atom. The SMILES string of the molecule is CCC1(OC(=O)C(N)(CC)C2(C)NN2)CCCC1. The molecule has 104 valence electrons. The molecule has 2 fully saturated rings. The molecule has 2 aliphatic rings. The molecule has 0 aromatic carbocycles. The maximum atomic E-state index is 12.5. The lowest BCUT2D eigenvalue weighted by molar-refractivity contribution is -0.168. The fourth-order valence-electron chi connectivity index (χ4n) is 2.85. The molecule has 18 heavy (non-hydrogen) atoms. The van der Waals surface area contributed by atoms with Crippen LogP contribution in [0.1, 0.15) is 59.3 Å². The van der Waals surface area contributed by atoms with Gasteiger partial charge in [0.15, 0.2) is 0 Å². The van der Waals surface area contributed by atoms with Gasteiger partial charge in [0.05, 0.1) is 0 Å². The van der Waals surface area contributed by atoms with Crippen molar-refractivity contribution in [3.8, 4) is 0 Å². The number of carbonyl (C=O) groups is 1. The number of ether oxygens (including phenoxy) is 1. The van der Waals surface area contributed by atoms with Crippen LogP contribution in [0.4, 0.5) is 0 Å². The first-order chi connectivity index (χ1) is 8.41. The molecule has 0 aromatic heterocycles. The van der Waals surface area contributed by atoms with Crippen molar-refractivity contribution in [2.24, 2.45) is 5.73 Å². The summed E-state index contributed by atoms with van der Waals surface area (Å²) in [6, 6.07) is 0. The van der Waals surface area contributed by atoms with Gasteiger partial charge in [-0.3, -0.25) is 0 Å². The molecule has 0 bridgehead atoms. The van der Waals surface area contributed by atoms with Gasteiger partial charge in [-0.15, -0.1) is 0 Å². The van der Waals surface area contributed by atoms with Gasteiger partial charge in [0.1, 0.15) is 16.8 Å². The number of nitrogens with one attached hydrogen (secondary N) is 2. The molecule has 1 heterocycles. The molecule has 1 aliphatic heterocycles. The average Bonchev–Trinajstić information content (AvgIpc) is 2.95. The summed E-state index contributed by atoms with van der Waals surface area (Å²) in [6.07, 6.45) is 5.62. The molecule has 1 saturated carbocycles. The average molecular weight is 255 g/mol. The maximum absolute atomic E-state index is 12.5. The first-order valence-corrected chi connectivity index (χ1v) is 6.98. The number of carbonyl (C=O) groups excluding carboxylic acids is 1. The monoisotopic (exact) mass is 255 g/mol. The zero-order valence-corrected chi connectivity index (χ0v) is 11.6. The Morgan fingerprint density at radius 3 is 2.28 bits per heavy atom. The summed E-state index contributed by atoms with van der Waals surface area (Å²) in [7, 11) is 0. The van der Waals surface area contributed by atoms with Crippen LogP contribution in [-0.2, 0) is 9.53 Å². The highest BCUT2D eigenvalue weighted by atomic mass is 16.6. The molecule has 5 nitrogen and oxygen atoms in total. The van der Waals surface area contributed by atoms with Crippen LogP contribution >= 0.6 is 0 Å². The first kappa shape index (κ1) is 13.8. The highest BCUT2D eigenvalue weighted by molar-refractivity contribution is 5.83. The van der Waals surface area contributed by atoms with Gasteiger partial charge in [-0.2, -0.15) is 0 Å². The third-order valence-corrected chi connectivity index (χ3v) is 4.78. The molecule has 2 rings (SSSR count). The smallest absolute Gasteiger partial charge is 0.330 e. The van der Waals surface area contributed by atoms with Crippen molar-refractivity contribution in [2.45, 2.75) is 76.1 Å². The van der Waals surface area contributed by atoms with Crippen LogP contribution in [0.25, 0.3) is 0 Å². The van der Waals surface area contributed by atoms with Crippen molar-refractivity contribution in [3.05, 3.63) is 0 Å². The highest BCUT2D eigenvalue weighted by Crippen LogP contribution is 2.38.